The monoisotopic (exact) mass is 578 g/mol. The summed E-state index contributed by atoms with van der Waals surface area (Å²) in [4.78, 5) is 52.6. The van der Waals surface area contributed by atoms with Crippen LogP contribution in [-0.4, -0.2) is 69.7 Å². The first-order valence-electron chi connectivity index (χ1n) is 12.6. The van der Waals surface area contributed by atoms with Crippen LogP contribution in [0.4, 0.5) is 0 Å². The summed E-state index contributed by atoms with van der Waals surface area (Å²) in [5.74, 6) is -1.72. The normalized spacial score (nSPS) is 18.2. The van der Waals surface area contributed by atoms with Gasteiger partial charge in [-0.1, -0.05) is 36.4 Å². The van der Waals surface area contributed by atoms with Crippen LogP contribution in [0, 0.1) is 0 Å². The molecular weight excluding hydrogens is 550 g/mol. The minimum Gasteiger partial charge on any atom is -0.477 e. The van der Waals surface area contributed by atoms with Gasteiger partial charge in [0.15, 0.2) is 18.9 Å². The zero-order valence-corrected chi connectivity index (χ0v) is 23.0. The van der Waals surface area contributed by atoms with E-state index < -0.39 is 23.3 Å². The highest BCUT2D eigenvalue weighted by Gasteiger charge is 2.54. The Morgan fingerprint density at radius 2 is 1.93 bits per heavy atom. The van der Waals surface area contributed by atoms with Gasteiger partial charge in [-0.2, -0.15) is 0 Å². The van der Waals surface area contributed by atoms with Crippen LogP contribution in [0.5, 0.6) is 0 Å². The second-order valence-corrected chi connectivity index (χ2v) is 11.4. The van der Waals surface area contributed by atoms with Gasteiger partial charge in [-0.3, -0.25) is 19.3 Å². The number of nitrogens with two attached hydrogens (primary N) is 1. The number of aliphatic carboxylic acids is 1. The molecule has 206 valence electrons. The van der Waals surface area contributed by atoms with Crippen molar-refractivity contribution in [3.63, 3.8) is 0 Å². The van der Waals surface area contributed by atoms with Crippen molar-refractivity contribution in [3.05, 3.63) is 83.8 Å². The van der Waals surface area contributed by atoms with Gasteiger partial charge in [0, 0.05) is 35.4 Å². The summed E-state index contributed by atoms with van der Waals surface area (Å²) < 4.78 is 1.71. The first-order chi connectivity index (χ1) is 19.4. The highest BCUT2D eigenvalue weighted by Crippen LogP contribution is 2.40. The van der Waals surface area contributed by atoms with Crippen LogP contribution < -0.4 is 20.9 Å². The first-order valence-corrected chi connectivity index (χ1v) is 14.7. The minimum absolute atomic E-state index is 0.0742. The number of hydrogen-bond acceptors (Lipinski definition) is 7. The molecule has 12 heteroatoms. The molecular formula is C28H28N5O5S2+. The van der Waals surface area contributed by atoms with Gasteiger partial charge in [-0.05, 0) is 22.9 Å². The van der Waals surface area contributed by atoms with Crippen molar-refractivity contribution in [1.29, 1.82) is 0 Å². The van der Waals surface area contributed by atoms with E-state index in [-0.39, 0.29) is 29.8 Å². The molecule has 2 aliphatic rings. The van der Waals surface area contributed by atoms with E-state index in [1.54, 1.807) is 29.1 Å². The van der Waals surface area contributed by atoms with Gasteiger partial charge in [0.1, 0.15) is 22.7 Å². The molecule has 40 heavy (non-hydrogen) atoms. The molecule has 2 aromatic carbocycles. The third kappa shape index (κ3) is 5.69. The Balaban J connectivity index is 1.24. The lowest BCUT2D eigenvalue weighted by molar-refractivity contribution is -0.689. The molecule has 5 rings (SSSR count). The maximum atomic E-state index is 13.1. The Morgan fingerprint density at radius 1 is 1.12 bits per heavy atom. The number of pyridine rings is 1. The van der Waals surface area contributed by atoms with E-state index in [0.717, 1.165) is 15.7 Å². The summed E-state index contributed by atoms with van der Waals surface area (Å²) in [5.41, 5.74) is 6.33. The summed E-state index contributed by atoms with van der Waals surface area (Å²) in [5, 5.41) is 17.1. The predicted molar refractivity (Wildman–Crippen MR) is 152 cm³/mol. The van der Waals surface area contributed by atoms with Gasteiger partial charge < -0.3 is 21.5 Å². The van der Waals surface area contributed by atoms with E-state index in [4.69, 9.17) is 5.73 Å². The number of carbonyl (C=O) groups excluding carboxylic acids is 3. The third-order valence-corrected chi connectivity index (χ3v) is 9.01. The molecule has 0 unspecified atom stereocenters. The van der Waals surface area contributed by atoms with Crippen LogP contribution in [0.1, 0.15) is 10.4 Å². The molecule has 10 nitrogen and oxygen atoms in total. The van der Waals surface area contributed by atoms with Crippen molar-refractivity contribution in [1.82, 2.24) is 15.5 Å². The van der Waals surface area contributed by atoms with Crippen molar-refractivity contribution < 1.29 is 28.9 Å². The van der Waals surface area contributed by atoms with Crippen LogP contribution in [0.25, 0.3) is 10.8 Å². The lowest BCUT2D eigenvalue weighted by Crippen LogP contribution is -2.71. The average Bonchev–Trinajstić information content (AvgIpc) is 2.97. The lowest BCUT2D eigenvalue weighted by atomic mass is 10.0. The summed E-state index contributed by atoms with van der Waals surface area (Å²) >= 11 is 2.80. The van der Waals surface area contributed by atoms with E-state index in [1.807, 2.05) is 42.5 Å². The Bertz CT molecular complexity index is 1520. The van der Waals surface area contributed by atoms with Crippen LogP contribution >= 0.6 is 23.5 Å². The van der Waals surface area contributed by atoms with Crippen LogP contribution in [-0.2, 0) is 20.9 Å². The Kier molecular flexibility index (Phi) is 8.38. The fraction of sp³-hybridized carbons (Fsp3) is 0.250. The molecule has 0 saturated carbocycles. The summed E-state index contributed by atoms with van der Waals surface area (Å²) in [6, 6.07) is 16.4. The molecule has 5 N–H and O–H groups in total. The van der Waals surface area contributed by atoms with Crippen molar-refractivity contribution >= 4 is 58.0 Å². The summed E-state index contributed by atoms with van der Waals surface area (Å²) in [6.07, 6.45) is 3.36. The number of thioether (sulfide) groups is 2. The molecule has 2 aliphatic heterocycles. The van der Waals surface area contributed by atoms with E-state index in [2.05, 4.69) is 10.6 Å². The van der Waals surface area contributed by atoms with Gasteiger partial charge in [0.25, 0.3) is 11.8 Å². The second kappa shape index (κ2) is 12.1. The van der Waals surface area contributed by atoms with Gasteiger partial charge >= 0.3 is 5.97 Å². The Labute approximate surface area is 239 Å². The van der Waals surface area contributed by atoms with Gasteiger partial charge in [-0.15, -0.1) is 23.5 Å². The van der Waals surface area contributed by atoms with Crippen LogP contribution in [0.15, 0.2) is 83.2 Å². The number of benzene rings is 2. The number of amides is 3. The smallest absolute Gasteiger partial charge is 0.352 e. The zero-order chi connectivity index (χ0) is 28.2. The number of carboxylic acid groups (broad SMARTS) is 1. The maximum absolute atomic E-state index is 13.1. The number of β-lactam (4-membered cyclic amide) rings is 1. The average molecular weight is 579 g/mol. The number of nitrogens with one attached hydrogen (secondary N) is 2. The van der Waals surface area contributed by atoms with E-state index in [0.29, 0.717) is 30.0 Å². The molecule has 0 aliphatic carbocycles. The highest BCUT2D eigenvalue weighted by molar-refractivity contribution is 8.00. The SMILES string of the molecule is NCCNC(=O)c1ccc[n+](CC2=C(C(=O)O)N3C(=O)[C@@H](NC(=O)CSc4cccc5ccccc45)[C@H]3SC2)c1. The van der Waals surface area contributed by atoms with E-state index in [1.165, 1.54) is 28.4 Å². The molecule has 1 saturated heterocycles. The molecule has 3 aromatic rings. The molecule has 3 heterocycles. The number of fused-ring (bicyclic) bond motifs is 2. The Hall–Kier alpha value is -3.87. The first kappa shape index (κ1) is 27.7. The number of rotatable bonds is 10. The highest BCUT2D eigenvalue weighted by atomic mass is 32.2. The molecule has 1 fully saturated rings. The number of carboxylic acids is 1. The topological polar surface area (TPSA) is 146 Å². The largest absolute Gasteiger partial charge is 0.477 e. The molecule has 0 spiro atoms. The lowest BCUT2D eigenvalue weighted by Gasteiger charge is -2.49. The van der Waals surface area contributed by atoms with Crippen molar-refractivity contribution in [2.75, 3.05) is 24.6 Å². The van der Waals surface area contributed by atoms with Gasteiger partial charge in [-0.25, -0.2) is 9.36 Å². The van der Waals surface area contributed by atoms with Crippen molar-refractivity contribution in [2.24, 2.45) is 5.73 Å². The van der Waals surface area contributed by atoms with Gasteiger partial charge in [0.2, 0.25) is 5.91 Å². The molecule has 3 amide bonds. The quantitative estimate of drug-likeness (QED) is 0.160. The second-order valence-electron chi connectivity index (χ2n) is 9.29. The van der Waals surface area contributed by atoms with Crippen molar-refractivity contribution in [2.45, 2.75) is 22.9 Å². The fourth-order valence-electron chi connectivity index (χ4n) is 4.75. The standard InChI is InChI=1S/C28H27N5O5S2/c29-10-11-30-25(35)18-7-4-12-32(13-18)14-19-15-40-27-23(26(36)33(27)24(19)28(37)38)31-22(34)16-39-21-9-3-6-17-5-1-2-8-20(17)21/h1-9,12-13,23,27H,10-11,14-16,29H2,(H2-,30,31,34,35,37,38)/p+1/t23-,27-/m1/s1. The summed E-state index contributed by atoms with van der Waals surface area (Å²) in [7, 11) is 0. The fourth-order valence-corrected chi connectivity index (χ4v) is 6.97. The number of nitrogens with zero attached hydrogens (tertiary/aromatic N) is 2. The summed E-state index contributed by atoms with van der Waals surface area (Å²) in [6.45, 7) is 0.860. The van der Waals surface area contributed by atoms with Crippen molar-refractivity contribution in [3.8, 4) is 0 Å². The van der Waals surface area contributed by atoms with E-state index >= 15 is 0 Å². The zero-order valence-electron chi connectivity index (χ0n) is 21.4. The minimum atomic E-state index is -1.21. The number of hydrogen-bond donors (Lipinski definition) is 4. The number of carbonyl (C=O) groups is 4. The third-order valence-electron chi connectivity index (χ3n) is 6.60. The molecule has 0 radical (unpaired) electrons. The number of aromatic nitrogens is 1. The molecule has 0 bridgehead atoms. The van der Waals surface area contributed by atoms with Crippen LogP contribution in [0.2, 0.25) is 0 Å². The van der Waals surface area contributed by atoms with Gasteiger partial charge in [0.05, 0.1) is 5.75 Å². The molecule has 1 aromatic heterocycles. The predicted octanol–water partition coefficient (Wildman–Crippen LogP) is 1.35. The Morgan fingerprint density at radius 3 is 2.73 bits per heavy atom. The van der Waals surface area contributed by atoms with Crippen LogP contribution in [0.3, 0.4) is 0 Å². The van der Waals surface area contributed by atoms with E-state index in [9.17, 15) is 24.3 Å². The maximum Gasteiger partial charge on any atom is 0.352 e. The molecule has 2 atom stereocenters.